The highest BCUT2D eigenvalue weighted by Crippen LogP contribution is 2.23. The molecule has 0 heterocycles. The van der Waals surface area contributed by atoms with Gasteiger partial charge in [-0.1, -0.05) is 40.9 Å². The summed E-state index contributed by atoms with van der Waals surface area (Å²) in [7, 11) is 0. The molecule has 1 saturated carbocycles. The first-order valence-corrected chi connectivity index (χ1v) is 7.67. The van der Waals surface area contributed by atoms with Gasteiger partial charge in [0.15, 0.2) is 0 Å². The summed E-state index contributed by atoms with van der Waals surface area (Å²) < 4.78 is 6.77. The Morgan fingerprint density at radius 3 is 2.89 bits per heavy atom. The SMILES string of the molecule is Brc1cccc(COCCNCC2CCCC2)c1. The minimum absolute atomic E-state index is 0.699. The van der Waals surface area contributed by atoms with E-state index in [0.29, 0.717) is 6.61 Å². The zero-order valence-electron chi connectivity index (χ0n) is 10.8. The van der Waals surface area contributed by atoms with E-state index in [0.717, 1.165) is 23.5 Å². The lowest BCUT2D eigenvalue weighted by Gasteiger charge is -2.10. The zero-order valence-corrected chi connectivity index (χ0v) is 12.4. The van der Waals surface area contributed by atoms with Gasteiger partial charge < -0.3 is 10.1 Å². The third-order valence-electron chi connectivity index (χ3n) is 3.49. The average Bonchev–Trinajstić information content (AvgIpc) is 2.87. The van der Waals surface area contributed by atoms with Gasteiger partial charge >= 0.3 is 0 Å². The maximum Gasteiger partial charge on any atom is 0.0717 e. The smallest absolute Gasteiger partial charge is 0.0717 e. The van der Waals surface area contributed by atoms with Crippen LogP contribution in [0.15, 0.2) is 28.7 Å². The summed E-state index contributed by atoms with van der Waals surface area (Å²) in [4.78, 5) is 0. The highest BCUT2D eigenvalue weighted by atomic mass is 79.9. The summed E-state index contributed by atoms with van der Waals surface area (Å²) in [6.45, 7) is 3.62. The molecule has 0 radical (unpaired) electrons. The monoisotopic (exact) mass is 311 g/mol. The molecule has 1 aliphatic rings. The van der Waals surface area contributed by atoms with Gasteiger partial charge in [-0.2, -0.15) is 0 Å². The Morgan fingerprint density at radius 2 is 2.11 bits per heavy atom. The Morgan fingerprint density at radius 1 is 1.28 bits per heavy atom. The molecular formula is C15H22BrNO. The zero-order chi connectivity index (χ0) is 12.6. The molecule has 0 saturated heterocycles. The van der Waals surface area contributed by atoms with Gasteiger partial charge in [-0.15, -0.1) is 0 Å². The highest BCUT2D eigenvalue weighted by Gasteiger charge is 2.13. The predicted octanol–water partition coefficient (Wildman–Crippen LogP) is 3.75. The lowest BCUT2D eigenvalue weighted by Crippen LogP contribution is -2.25. The van der Waals surface area contributed by atoms with Crippen molar-refractivity contribution in [2.45, 2.75) is 32.3 Å². The topological polar surface area (TPSA) is 21.3 Å². The third kappa shape index (κ3) is 5.09. The second kappa shape index (κ2) is 7.93. The highest BCUT2D eigenvalue weighted by molar-refractivity contribution is 9.10. The largest absolute Gasteiger partial charge is 0.375 e. The number of hydrogen-bond donors (Lipinski definition) is 1. The van der Waals surface area contributed by atoms with Crippen LogP contribution < -0.4 is 5.32 Å². The Kier molecular flexibility index (Phi) is 6.18. The number of halogens is 1. The van der Waals surface area contributed by atoms with E-state index in [4.69, 9.17) is 4.74 Å². The van der Waals surface area contributed by atoms with E-state index in [1.165, 1.54) is 37.8 Å². The van der Waals surface area contributed by atoms with E-state index >= 15 is 0 Å². The van der Waals surface area contributed by atoms with Crippen molar-refractivity contribution in [2.75, 3.05) is 19.7 Å². The van der Waals surface area contributed by atoms with Crippen LogP contribution in [0.5, 0.6) is 0 Å². The maximum absolute atomic E-state index is 5.66. The molecule has 0 bridgehead atoms. The maximum atomic E-state index is 5.66. The summed E-state index contributed by atoms with van der Waals surface area (Å²) in [5.74, 6) is 0.912. The standard InChI is InChI=1S/C15H22BrNO/c16-15-7-3-6-14(10-15)12-18-9-8-17-11-13-4-1-2-5-13/h3,6-7,10,13,17H,1-2,4-5,8-9,11-12H2. The van der Waals surface area contributed by atoms with Crippen molar-refractivity contribution in [3.8, 4) is 0 Å². The van der Waals surface area contributed by atoms with Crippen LogP contribution >= 0.6 is 15.9 Å². The van der Waals surface area contributed by atoms with Gasteiger partial charge in [0.2, 0.25) is 0 Å². The first kappa shape index (κ1) is 14.0. The number of ether oxygens (including phenoxy) is 1. The first-order chi connectivity index (χ1) is 8.84. The van der Waals surface area contributed by atoms with E-state index < -0.39 is 0 Å². The molecule has 3 heteroatoms. The van der Waals surface area contributed by atoms with Gasteiger partial charge in [0.05, 0.1) is 13.2 Å². The molecule has 0 spiro atoms. The van der Waals surface area contributed by atoms with Crippen LogP contribution in [0.4, 0.5) is 0 Å². The summed E-state index contributed by atoms with van der Waals surface area (Å²) in [6, 6.07) is 8.27. The lowest BCUT2D eigenvalue weighted by molar-refractivity contribution is 0.122. The van der Waals surface area contributed by atoms with Crippen molar-refractivity contribution in [3.05, 3.63) is 34.3 Å². The summed E-state index contributed by atoms with van der Waals surface area (Å²) >= 11 is 3.47. The fraction of sp³-hybridized carbons (Fsp3) is 0.600. The summed E-state index contributed by atoms with van der Waals surface area (Å²) in [6.07, 6.45) is 5.66. The van der Waals surface area contributed by atoms with Crippen molar-refractivity contribution in [3.63, 3.8) is 0 Å². The molecule has 0 atom stereocenters. The van der Waals surface area contributed by atoms with Crippen LogP contribution in [0, 0.1) is 5.92 Å². The molecular weight excluding hydrogens is 290 g/mol. The average molecular weight is 312 g/mol. The molecule has 2 nitrogen and oxygen atoms in total. The van der Waals surface area contributed by atoms with Crippen molar-refractivity contribution in [2.24, 2.45) is 5.92 Å². The van der Waals surface area contributed by atoms with E-state index in [9.17, 15) is 0 Å². The molecule has 2 rings (SSSR count). The molecule has 1 aromatic rings. The fourth-order valence-electron chi connectivity index (χ4n) is 2.48. The molecule has 0 aromatic heterocycles. The van der Waals surface area contributed by atoms with Crippen molar-refractivity contribution in [1.82, 2.24) is 5.32 Å². The third-order valence-corrected chi connectivity index (χ3v) is 3.98. The second-order valence-corrected chi connectivity index (χ2v) is 5.95. The first-order valence-electron chi connectivity index (χ1n) is 6.87. The van der Waals surface area contributed by atoms with E-state index in [1.54, 1.807) is 0 Å². The van der Waals surface area contributed by atoms with Crippen LogP contribution in [0.1, 0.15) is 31.2 Å². The molecule has 1 N–H and O–H groups in total. The Balaban J connectivity index is 1.50. The van der Waals surface area contributed by atoms with Gasteiger partial charge in [-0.25, -0.2) is 0 Å². The molecule has 0 aliphatic heterocycles. The molecule has 1 fully saturated rings. The van der Waals surface area contributed by atoms with Gasteiger partial charge in [0.1, 0.15) is 0 Å². The number of nitrogens with one attached hydrogen (secondary N) is 1. The molecule has 1 aromatic carbocycles. The Bertz CT molecular complexity index is 350. The van der Waals surface area contributed by atoms with E-state index in [2.05, 4.69) is 33.4 Å². The number of benzene rings is 1. The summed E-state index contributed by atoms with van der Waals surface area (Å²) in [5, 5.41) is 3.49. The molecule has 100 valence electrons. The minimum Gasteiger partial charge on any atom is -0.375 e. The number of rotatable bonds is 7. The van der Waals surface area contributed by atoms with Gasteiger partial charge in [-0.3, -0.25) is 0 Å². The van der Waals surface area contributed by atoms with Crippen molar-refractivity contribution < 1.29 is 4.74 Å². The second-order valence-electron chi connectivity index (χ2n) is 5.04. The predicted molar refractivity (Wildman–Crippen MR) is 78.6 cm³/mol. The van der Waals surface area contributed by atoms with Gasteiger partial charge in [0, 0.05) is 11.0 Å². The van der Waals surface area contributed by atoms with Crippen LogP contribution in [0.25, 0.3) is 0 Å². The van der Waals surface area contributed by atoms with Gasteiger partial charge in [-0.05, 0) is 43.0 Å². The van der Waals surface area contributed by atoms with E-state index in [1.807, 2.05) is 12.1 Å². The van der Waals surface area contributed by atoms with E-state index in [-0.39, 0.29) is 0 Å². The molecule has 18 heavy (non-hydrogen) atoms. The Hall–Kier alpha value is -0.380. The van der Waals surface area contributed by atoms with Gasteiger partial charge in [0.25, 0.3) is 0 Å². The van der Waals surface area contributed by atoms with Crippen molar-refractivity contribution in [1.29, 1.82) is 0 Å². The summed E-state index contributed by atoms with van der Waals surface area (Å²) in [5.41, 5.74) is 1.22. The molecule has 1 aliphatic carbocycles. The van der Waals surface area contributed by atoms with Crippen LogP contribution in [-0.2, 0) is 11.3 Å². The minimum atomic E-state index is 0.699. The lowest BCUT2D eigenvalue weighted by atomic mass is 10.1. The Labute approximate surface area is 118 Å². The van der Waals surface area contributed by atoms with Crippen molar-refractivity contribution >= 4 is 15.9 Å². The number of hydrogen-bond acceptors (Lipinski definition) is 2. The quantitative estimate of drug-likeness (QED) is 0.774. The molecule has 0 unspecified atom stereocenters. The van der Waals surface area contributed by atoms with Crippen LogP contribution in [0.2, 0.25) is 0 Å². The normalized spacial score (nSPS) is 16.3. The van der Waals surface area contributed by atoms with Crippen LogP contribution in [0.3, 0.4) is 0 Å². The fourth-order valence-corrected chi connectivity index (χ4v) is 2.93. The molecule has 0 amide bonds. The van der Waals surface area contributed by atoms with Crippen LogP contribution in [-0.4, -0.2) is 19.7 Å².